The van der Waals surface area contributed by atoms with Crippen molar-refractivity contribution in [1.82, 2.24) is 19.6 Å². The zero-order chi connectivity index (χ0) is 23.1. The Hall–Kier alpha value is -2.08. The molecule has 1 saturated heterocycles. The number of ketones is 1. The van der Waals surface area contributed by atoms with Crippen LogP contribution < -0.4 is 17.2 Å². The summed E-state index contributed by atoms with van der Waals surface area (Å²) in [6.45, 7) is 10.5. The fourth-order valence-corrected chi connectivity index (χ4v) is 3.19. The summed E-state index contributed by atoms with van der Waals surface area (Å²) in [5, 5.41) is 0. The molecule has 1 heterocycles. The Morgan fingerprint density at radius 3 is 0.900 bits per heavy atom. The van der Waals surface area contributed by atoms with Crippen LogP contribution in [-0.4, -0.2) is 122 Å². The fraction of sp³-hybridized carbons (Fsp3) is 0.789. The van der Waals surface area contributed by atoms with E-state index in [9.17, 15) is 19.2 Å². The maximum Gasteiger partial charge on any atom is 0.231 e. The Morgan fingerprint density at radius 1 is 0.533 bits per heavy atom. The van der Waals surface area contributed by atoms with Gasteiger partial charge in [-0.1, -0.05) is 13.8 Å². The number of nitrogens with zero attached hydrogens (tertiary/aromatic N) is 4. The van der Waals surface area contributed by atoms with E-state index in [1.807, 2.05) is 33.4 Å². The van der Waals surface area contributed by atoms with Gasteiger partial charge in [-0.05, 0) is 6.92 Å². The van der Waals surface area contributed by atoms with Gasteiger partial charge in [0.1, 0.15) is 5.78 Å². The summed E-state index contributed by atoms with van der Waals surface area (Å²) in [7, 11) is 0. The first-order chi connectivity index (χ1) is 14.2. The molecule has 0 saturated carbocycles. The molecule has 0 radical (unpaired) electrons. The van der Waals surface area contributed by atoms with Gasteiger partial charge in [-0.2, -0.15) is 0 Å². The van der Waals surface area contributed by atoms with Crippen LogP contribution in [0.5, 0.6) is 0 Å². The summed E-state index contributed by atoms with van der Waals surface area (Å²) in [6, 6.07) is 0. The van der Waals surface area contributed by atoms with Crippen LogP contribution in [-0.2, 0) is 19.2 Å². The number of primary amides is 3. The van der Waals surface area contributed by atoms with E-state index in [0.717, 1.165) is 0 Å². The van der Waals surface area contributed by atoms with Crippen LogP contribution in [0.3, 0.4) is 0 Å². The van der Waals surface area contributed by atoms with Crippen LogP contribution >= 0.6 is 0 Å². The van der Waals surface area contributed by atoms with Crippen LogP contribution in [0.1, 0.15) is 20.8 Å². The van der Waals surface area contributed by atoms with Crippen LogP contribution in [0, 0.1) is 0 Å². The Balaban J connectivity index is 0.00000407. The molecule has 0 unspecified atom stereocenters. The van der Waals surface area contributed by atoms with Crippen molar-refractivity contribution in [3.8, 4) is 0 Å². The number of hydrogen-bond acceptors (Lipinski definition) is 8. The average Bonchev–Trinajstić information content (AvgIpc) is 2.64. The van der Waals surface area contributed by atoms with Gasteiger partial charge in [0.05, 0.1) is 26.2 Å². The molecular formula is C19H39N7O4. The topological polar surface area (TPSA) is 159 Å². The van der Waals surface area contributed by atoms with Crippen LogP contribution in [0.2, 0.25) is 0 Å². The molecule has 11 heteroatoms. The fourth-order valence-electron chi connectivity index (χ4n) is 3.19. The zero-order valence-corrected chi connectivity index (χ0v) is 18.6. The molecule has 0 aromatic rings. The third-order valence-corrected chi connectivity index (χ3v) is 4.51. The molecule has 30 heavy (non-hydrogen) atoms. The molecule has 1 aliphatic rings. The molecule has 0 aliphatic carbocycles. The Morgan fingerprint density at radius 2 is 0.733 bits per heavy atom. The number of rotatable bonds is 8. The van der Waals surface area contributed by atoms with Gasteiger partial charge in [0.2, 0.25) is 17.7 Å². The second-order valence-corrected chi connectivity index (χ2v) is 7.21. The number of carbonyl (C=O) groups excluding carboxylic acids is 4. The molecule has 1 aliphatic heterocycles. The lowest BCUT2D eigenvalue weighted by Gasteiger charge is -2.33. The highest BCUT2D eigenvalue weighted by Gasteiger charge is 2.19. The van der Waals surface area contributed by atoms with E-state index in [0.29, 0.717) is 58.9 Å². The van der Waals surface area contributed by atoms with Gasteiger partial charge < -0.3 is 17.2 Å². The highest BCUT2D eigenvalue weighted by Crippen LogP contribution is 2.01. The minimum Gasteiger partial charge on any atom is -0.369 e. The van der Waals surface area contributed by atoms with Crippen molar-refractivity contribution in [3.63, 3.8) is 0 Å². The molecule has 0 atom stereocenters. The van der Waals surface area contributed by atoms with Crippen molar-refractivity contribution >= 4 is 23.5 Å². The highest BCUT2D eigenvalue weighted by atomic mass is 16.2. The van der Waals surface area contributed by atoms with E-state index < -0.39 is 17.7 Å². The Labute approximate surface area is 179 Å². The van der Waals surface area contributed by atoms with Gasteiger partial charge >= 0.3 is 0 Å². The van der Waals surface area contributed by atoms with Crippen LogP contribution in [0.4, 0.5) is 0 Å². The van der Waals surface area contributed by atoms with E-state index in [1.54, 1.807) is 0 Å². The molecule has 0 spiro atoms. The van der Waals surface area contributed by atoms with Gasteiger partial charge in [0, 0.05) is 52.4 Å². The SMILES string of the molecule is CC.CC(=O)CN1CCN(CC(N)=O)CCN(CC(N)=O)CCN(CC(N)=O)CC1. The minimum absolute atomic E-state index is 0.0441. The van der Waals surface area contributed by atoms with E-state index in [1.165, 1.54) is 6.92 Å². The lowest BCUT2D eigenvalue weighted by atomic mass is 10.3. The molecule has 174 valence electrons. The van der Waals surface area contributed by atoms with Crippen molar-refractivity contribution < 1.29 is 19.2 Å². The van der Waals surface area contributed by atoms with Crippen molar-refractivity contribution in [1.29, 1.82) is 0 Å². The first-order valence-corrected chi connectivity index (χ1v) is 10.4. The van der Waals surface area contributed by atoms with Crippen molar-refractivity contribution in [2.75, 3.05) is 78.5 Å². The molecule has 0 aromatic heterocycles. The summed E-state index contributed by atoms with van der Waals surface area (Å²) < 4.78 is 0. The molecule has 0 aromatic carbocycles. The third kappa shape index (κ3) is 14.0. The van der Waals surface area contributed by atoms with E-state index in [2.05, 4.69) is 0 Å². The average molecular weight is 430 g/mol. The maximum absolute atomic E-state index is 11.6. The minimum atomic E-state index is -0.442. The monoisotopic (exact) mass is 429 g/mol. The molecule has 6 N–H and O–H groups in total. The number of hydrogen-bond donors (Lipinski definition) is 3. The van der Waals surface area contributed by atoms with Gasteiger partial charge in [0.25, 0.3) is 0 Å². The lowest BCUT2D eigenvalue weighted by molar-refractivity contribution is -0.121. The van der Waals surface area contributed by atoms with Crippen molar-refractivity contribution in [2.24, 2.45) is 17.2 Å². The predicted molar refractivity (Wildman–Crippen MR) is 115 cm³/mol. The Kier molecular flexibility index (Phi) is 14.6. The molecular weight excluding hydrogens is 390 g/mol. The van der Waals surface area contributed by atoms with Crippen molar-refractivity contribution in [3.05, 3.63) is 0 Å². The smallest absolute Gasteiger partial charge is 0.231 e. The molecule has 3 amide bonds. The normalized spacial score (nSPS) is 18.4. The van der Waals surface area contributed by atoms with Gasteiger partial charge in [-0.3, -0.25) is 38.8 Å². The number of Topliss-reactive ketones (excluding diaryl/α,β-unsaturated/α-hetero) is 1. The van der Waals surface area contributed by atoms with Gasteiger partial charge in [0.15, 0.2) is 0 Å². The van der Waals surface area contributed by atoms with Crippen LogP contribution in [0.15, 0.2) is 0 Å². The molecule has 11 nitrogen and oxygen atoms in total. The summed E-state index contributed by atoms with van der Waals surface area (Å²) in [5.41, 5.74) is 16.0. The highest BCUT2D eigenvalue weighted by molar-refractivity contribution is 5.78. The zero-order valence-electron chi connectivity index (χ0n) is 18.6. The van der Waals surface area contributed by atoms with Crippen molar-refractivity contribution in [2.45, 2.75) is 20.8 Å². The summed E-state index contributed by atoms with van der Waals surface area (Å²) in [6.07, 6.45) is 0. The van der Waals surface area contributed by atoms with E-state index in [4.69, 9.17) is 17.2 Å². The predicted octanol–water partition coefficient (Wildman–Crippen LogP) is -2.72. The maximum atomic E-state index is 11.6. The Bertz CT molecular complexity index is 447. The number of amides is 3. The standard InChI is InChI=1S/C17H33N7O4.C2H6/c1-14(25)10-21-2-4-22(11-15(18)26)6-8-24(13-17(20)28)9-7-23(5-3-21)12-16(19)27;1-2/h2-13H2,1H3,(H2,18,26)(H2,19,27)(H2,20,28);1-2H3. The second kappa shape index (κ2) is 15.7. The second-order valence-electron chi connectivity index (χ2n) is 7.21. The van der Waals surface area contributed by atoms with Crippen LogP contribution in [0.25, 0.3) is 0 Å². The van der Waals surface area contributed by atoms with E-state index >= 15 is 0 Å². The summed E-state index contributed by atoms with van der Waals surface area (Å²) in [4.78, 5) is 53.4. The summed E-state index contributed by atoms with van der Waals surface area (Å²) >= 11 is 0. The third-order valence-electron chi connectivity index (χ3n) is 4.51. The molecule has 1 fully saturated rings. The first-order valence-electron chi connectivity index (χ1n) is 10.4. The summed E-state index contributed by atoms with van der Waals surface area (Å²) in [5.74, 6) is -1.26. The van der Waals surface area contributed by atoms with Gasteiger partial charge in [-0.25, -0.2) is 0 Å². The number of nitrogens with two attached hydrogens (primary N) is 3. The largest absolute Gasteiger partial charge is 0.369 e. The quantitative estimate of drug-likeness (QED) is 0.375. The van der Waals surface area contributed by atoms with E-state index in [-0.39, 0.29) is 25.4 Å². The lowest BCUT2D eigenvalue weighted by Crippen LogP contribution is -2.50. The molecule has 1 rings (SSSR count). The first kappa shape index (κ1) is 27.9. The molecule has 0 bridgehead atoms. The number of carbonyl (C=O) groups is 4. The van der Waals surface area contributed by atoms with Gasteiger partial charge in [-0.15, -0.1) is 0 Å².